The molecule has 1 aliphatic heterocycles. The third-order valence-corrected chi connectivity index (χ3v) is 3.20. The van der Waals surface area contributed by atoms with Gasteiger partial charge >= 0.3 is 7.12 Å². The maximum absolute atomic E-state index is 9.32. The van der Waals surface area contributed by atoms with Crippen LogP contribution in [0.4, 0.5) is 0 Å². The van der Waals surface area contributed by atoms with Gasteiger partial charge in [-0.2, -0.15) is 0 Å². The molecular weight excluding hydrogens is 205 g/mol. The lowest BCUT2D eigenvalue weighted by Gasteiger charge is -2.22. The molecule has 2 heterocycles. The third-order valence-electron chi connectivity index (χ3n) is 3.20. The van der Waals surface area contributed by atoms with Crippen LogP contribution in [0.5, 0.6) is 0 Å². The van der Waals surface area contributed by atoms with Gasteiger partial charge in [-0.25, -0.2) is 0 Å². The van der Waals surface area contributed by atoms with E-state index in [4.69, 9.17) is 4.74 Å². The molecule has 1 aromatic rings. The molecular formula is C11H12BNO3. The summed E-state index contributed by atoms with van der Waals surface area (Å²) in [7, 11) is -1.41. The molecule has 1 aliphatic carbocycles. The molecule has 0 fully saturated rings. The molecule has 0 spiro atoms. The van der Waals surface area contributed by atoms with Crippen molar-refractivity contribution in [2.45, 2.75) is 19.3 Å². The number of ether oxygens (including phenoxy) is 1. The minimum atomic E-state index is -1.41. The van der Waals surface area contributed by atoms with Crippen LogP contribution in [0.1, 0.15) is 18.4 Å². The largest absolute Gasteiger partial charge is 0.497 e. The van der Waals surface area contributed by atoms with Gasteiger partial charge in [0, 0.05) is 24.3 Å². The zero-order chi connectivity index (χ0) is 11.1. The zero-order valence-corrected chi connectivity index (χ0v) is 8.81. The van der Waals surface area contributed by atoms with Crippen molar-refractivity contribution in [3.63, 3.8) is 0 Å². The van der Waals surface area contributed by atoms with Gasteiger partial charge in [-0.15, -0.1) is 0 Å². The van der Waals surface area contributed by atoms with Crippen molar-refractivity contribution >= 4 is 18.4 Å². The summed E-state index contributed by atoms with van der Waals surface area (Å²) in [6.07, 6.45) is 3.93. The molecule has 16 heavy (non-hydrogen) atoms. The van der Waals surface area contributed by atoms with Gasteiger partial charge in [0.1, 0.15) is 5.76 Å². The number of hydrogen-bond acceptors (Lipinski definition) is 4. The molecule has 0 amide bonds. The average molecular weight is 217 g/mol. The van der Waals surface area contributed by atoms with Crippen LogP contribution in [0.25, 0.3) is 11.2 Å². The van der Waals surface area contributed by atoms with Crippen LogP contribution < -0.4 is 10.6 Å². The van der Waals surface area contributed by atoms with Crippen molar-refractivity contribution < 1.29 is 14.8 Å². The highest BCUT2D eigenvalue weighted by molar-refractivity contribution is 6.63. The van der Waals surface area contributed by atoms with Crippen LogP contribution in [0, 0.1) is 0 Å². The van der Waals surface area contributed by atoms with Gasteiger partial charge in [0.15, 0.2) is 0 Å². The Morgan fingerprint density at radius 1 is 1.25 bits per heavy atom. The fraction of sp³-hybridized carbons (Fsp3) is 0.364. The summed E-state index contributed by atoms with van der Waals surface area (Å²) in [6, 6.07) is 1.98. The van der Waals surface area contributed by atoms with Crippen LogP contribution in [-0.4, -0.2) is 28.8 Å². The normalized spacial score (nSPS) is 17.9. The summed E-state index contributed by atoms with van der Waals surface area (Å²) in [6.45, 7) is 0.711. The second-order valence-electron chi connectivity index (χ2n) is 4.11. The Bertz CT molecular complexity index is 553. The Morgan fingerprint density at radius 2 is 2.12 bits per heavy atom. The third kappa shape index (κ3) is 1.36. The van der Waals surface area contributed by atoms with E-state index in [2.05, 4.69) is 4.98 Å². The number of nitrogens with zero attached hydrogens (tertiary/aromatic N) is 1. The maximum Gasteiger partial charge on any atom is 0.486 e. The smallest absolute Gasteiger partial charge is 0.486 e. The predicted molar refractivity (Wildman–Crippen MR) is 59.4 cm³/mol. The van der Waals surface area contributed by atoms with E-state index in [1.165, 1.54) is 5.56 Å². The molecule has 2 N–H and O–H groups in total. The van der Waals surface area contributed by atoms with Crippen molar-refractivity contribution in [2.75, 3.05) is 6.61 Å². The van der Waals surface area contributed by atoms with E-state index < -0.39 is 7.12 Å². The van der Waals surface area contributed by atoms with E-state index >= 15 is 0 Å². The number of pyridine rings is 1. The first-order valence-corrected chi connectivity index (χ1v) is 5.46. The van der Waals surface area contributed by atoms with Gasteiger partial charge in [-0.3, -0.25) is 4.98 Å². The summed E-state index contributed by atoms with van der Waals surface area (Å²) < 4.78 is 5.61. The van der Waals surface area contributed by atoms with E-state index in [1.54, 1.807) is 6.20 Å². The van der Waals surface area contributed by atoms with E-state index in [0.29, 0.717) is 23.8 Å². The zero-order valence-electron chi connectivity index (χ0n) is 8.81. The Kier molecular flexibility index (Phi) is 2.23. The van der Waals surface area contributed by atoms with E-state index in [-0.39, 0.29) is 0 Å². The molecule has 82 valence electrons. The summed E-state index contributed by atoms with van der Waals surface area (Å²) in [5, 5.41) is 20.3. The first-order chi connectivity index (χ1) is 7.77. The Labute approximate surface area is 93.0 Å². The Morgan fingerprint density at radius 3 is 2.94 bits per heavy atom. The van der Waals surface area contributed by atoms with Gasteiger partial charge in [0.2, 0.25) is 0 Å². The molecule has 1 aromatic heterocycles. The number of aromatic nitrogens is 1. The van der Waals surface area contributed by atoms with Gasteiger partial charge in [0.05, 0.1) is 12.0 Å². The van der Waals surface area contributed by atoms with Crippen molar-refractivity contribution in [1.29, 1.82) is 0 Å². The highest BCUT2D eigenvalue weighted by Crippen LogP contribution is 2.19. The molecule has 3 rings (SSSR count). The van der Waals surface area contributed by atoms with E-state index in [9.17, 15) is 10.0 Å². The number of rotatable bonds is 1. The minimum Gasteiger partial charge on any atom is -0.497 e. The summed E-state index contributed by atoms with van der Waals surface area (Å²) in [5.41, 5.74) is 1.80. The van der Waals surface area contributed by atoms with Crippen molar-refractivity contribution in [3.05, 3.63) is 28.4 Å². The minimum absolute atomic E-state index is 0.603. The summed E-state index contributed by atoms with van der Waals surface area (Å²) in [5.74, 6) is 0.953. The van der Waals surface area contributed by atoms with Crippen molar-refractivity contribution in [3.8, 4) is 0 Å². The molecule has 0 saturated carbocycles. The number of hydrogen-bond donors (Lipinski definition) is 2. The van der Waals surface area contributed by atoms with Gasteiger partial charge < -0.3 is 14.8 Å². The molecule has 0 aromatic carbocycles. The van der Waals surface area contributed by atoms with Crippen molar-refractivity contribution in [2.24, 2.45) is 0 Å². The van der Waals surface area contributed by atoms with Gasteiger partial charge in [0.25, 0.3) is 0 Å². The second-order valence-corrected chi connectivity index (χ2v) is 4.11. The van der Waals surface area contributed by atoms with Crippen LogP contribution in [0.3, 0.4) is 0 Å². The van der Waals surface area contributed by atoms with Crippen LogP contribution in [-0.2, 0) is 11.2 Å². The Hall–Kier alpha value is -1.33. The molecule has 4 nitrogen and oxygen atoms in total. The fourth-order valence-electron chi connectivity index (χ4n) is 2.44. The molecule has 0 atom stereocenters. The quantitative estimate of drug-likeness (QED) is 0.575. The van der Waals surface area contributed by atoms with Gasteiger partial charge in [-0.05, 0) is 23.5 Å². The first-order valence-electron chi connectivity index (χ1n) is 5.46. The van der Waals surface area contributed by atoms with E-state index in [0.717, 1.165) is 23.8 Å². The topological polar surface area (TPSA) is 62.6 Å². The summed E-state index contributed by atoms with van der Waals surface area (Å²) in [4.78, 5) is 4.26. The second kappa shape index (κ2) is 3.61. The molecule has 0 saturated heterocycles. The summed E-state index contributed by atoms with van der Waals surface area (Å²) >= 11 is 0. The molecule has 0 radical (unpaired) electrons. The van der Waals surface area contributed by atoms with Crippen LogP contribution in [0.2, 0.25) is 0 Å². The predicted octanol–water partition coefficient (Wildman–Crippen LogP) is -1.28. The highest BCUT2D eigenvalue weighted by atomic mass is 16.5. The maximum atomic E-state index is 9.32. The standard InChI is InChI=1S/C11H12BNO3/c14-12(15)8-1-2-9-10-7(4-6-16-9)3-5-13-11(8)10/h3,5,14-15H,1-2,4,6H2. The Balaban J connectivity index is 2.43. The average Bonchev–Trinajstić information content (AvgIpc) is 2.30. The highest BCUT2D eigenvalue weighted by Gasteiger charge is 2.24. The lowest BCUT2D eigenvalue weighted by atomic mass is 9.74. The molecule has 5 heteroatoms. The molecule has 0 bridgehead atoms. The monoisotopic (exact) mass is 217 g/mol. The lowest BCUT2D eigenvalue weighted by Crippen LogP contribution is -2.44. The van der Waals surface area contributed by atoms with Crippen LogP contribution >= 0.6 is 0 Å². The van der Waals surface area contributed by atoms with Crippen molar-refractivity contribution in [1.82, 2.24) is 4.98 Å². The molecule has 2 aliphatic rings. The lowest BCUT2D eigenvalue weighted by molar-refractivity contribution is 0.255. The van der Waals surface area contributed by atoms with E-state index in [1.807, 2.05) is 6.07 Å². The van der Waals surface area contributed by atoms with Gasteiger partial charge in [-0.1, -0.05) is 0 Å². The SMILES string of the molecule is OB(O)C1=c2nccc3c2=C(CC1)OCC3. The first kappa shape index (κ1) is 9.87. The fourth-order valence-corrected chi connectivity index (χ4v) is 2.44. The molecule has 0 unspecified atom stereocenters. The van der Waals surface area contributed by atoms with Crippen LogP contribution in [0.15, 0.2) is 12.3 Å².